The second-order valence-corrected chi connectivity index (χ2v) is 3.24. The van der Waals surface area contributed by atoms with E-state index in [1.807, 2.05) is 17.5 Å². The first-order chi connectivity index (χ1) is 6.45. The van der Waals surface area contributed by atoms with Gasteiger partial charge in [0.25, 0.3) is 0 Å². The summed E-state index contributed by atoms with van der Waals surface area (Å²) in [5, 5.41) is 2.90. The monoisotopic (exact) mass is 189 g/mol. The number of nitrogens with zero attached hydrogens (tertiary/aromatic N) is 3. The molecule has 0 aromatic carbocycles. The van der Waals surface area contributed by atoms with Gasteiger partial charge in [0.15, 0.2) is 5.82 Å². The predicted octanol–water partition coefficient (Wildman–Crippen LogP) is 2.10. The van der Waals surface area contributed by atoms with E-state index in [4.69, 9.17) is 0 Å². The molecular weight excluding hydrogens is 182 g/mol. The zero-order valence-electron chi connectivity index (χ0n) is 6.79. The first-order valence-electron chi connectivity index (χ1n) is 3.80. The molecule has 0 radical (unpaired) electrons. The molecule has 0 saturated heterocycles. The van der Waals surface area contributed by atoms with Crippen LogP contribution in [0.4, 0.5) is 0 Å². The van der Waals surface area contributed by atoms with E-state index >= 15 is 0 Å². The molecule has 13 heavy (non-hydrogen) atoms. The summed E-state index contributed by atoms with van der Waals surface area (Å²) in [6.45, 7) is 0. The highest BCUT2D eigenvalue weighted by atomic mass is 32.1. The Balaban J connectivity index is 2.15. The zero-order valence-corrected chi connectivity index (χ0v) is 7.61. The molecule has 3 nitrogen and oxygen atoms in total. The highest BCUT2D eigenvalue weighted by Crippen LogP contribution is 2.07. The van der Waals surface area contributed by atoms with E-state index in [9.17, 15) is 0 Å². The van der Waals surface area contributed by atoms with Crippen molar-refractivity contribution >= 4 is 23.5 Å². The summed E-state index contributed by atoms with van der Waals surface area (Å²) in [6.07, 6.45) is 8.96. The van der Waals surface area contributed by atoms with Gasteiger partial charge in [0.05, 0.1) is 0 Å². The van der Waals surface area contributed by atoms with Gasteiger partial charge in [-0.1, -0.05) is 0 Å². The first-order valence-corrected chi connectivity index (χ1v) is 4.68. The van der Waals surface area contributed by atoms with Crippen molar-refractivity contribution in [3.63, 3.8) is 0 Å². The van der Waals surface area contributed by atoms with Gasteiger partial charge in [0.2, 0.25) is 0 Å². The molecule has 0 fully saturated rings. The highest BCUT2D eigenvalue weighted by molar-refractivity contribution is 7.10. The van der Waals surface area contributed by atoms with Crippen LogP contribution < -0.4 is 0 Å². The molecule has 0 aliphatic carbocycles. The summed E-state index contributed by atoms with van der Waals surface area (Å²) in [5.74, 6) is 0.706. The summed E-state index contributed by atoms with van der Waals surface area (Å²) in [6, 6.07) is 1.79. The number of aromatic nitrogens is 3. The lowest BCUT2D eigenvalue weighted by Crippen LogP contribution is -1.82. The Labute approximate surface area is 79.8 Å². The van der Waals surface area contributed by atoms with Gasteiger partial charge in [-0.25, -0.2) is 15.0 Å². The maximum absolute atomic E-state index is 4.11. The third-order valence-electron chi connectivity index (χ3n) is 1.41. The van der Waals surface area contributed by atoms with Gasteiger partial charge in [0, 0.05) is 24.0 Å². The van der Waals surface area contributed by atoms with E-state index in [1.165, 1.54) is 0 Å². The van der Waals surface area contributed by atoms with Crippen molar-refractivity contribution in [2.75, 3.05) is 0 Å². The molecule has 0 saturated carbocycles. The van der Waals surface area contributed by atoms with E-state index in [2.05, 4.69) is 15.0 Å². The van der Waals surface area contributed by atoms with E-state index in [1.54, 1.807) is 36.0 Å². The molecule has 0 aliphatic rings. The molecule has 0 atom stereocenters. The summed E-state index contributed by atoms with van der Waals surface area (Å²) >= 11 is 1.59. The van der Waals surface area contributed by atoms with E-state index in [0.717, 1.165) is 5.01 Å². The van der Waals surface area contributed by atoms with Gasteiger partial charge in [-0.2, -0.15) is 0 Å². The van der Waals surface area contributed by atoms with Gasteiger partial charge in [0.1, 0.15) is 5.01 Å². The molecule has 2 heterocycles. The van der Waals surface area contributed by atoms with Gasteiger partial charge < -0.3 is 0 Å². The van der Waals surface area contributed by atoms with Gasteiger partial charge in [-0.05, 0) is 18.2 Å². The van der Waals surface area contributed by atoms with Crippen LogP contribution in [0.1, 0.15) is 10.8 Å². The van der Waals surface area contributed by atoms with Crippen molar-refractivity contribution in [2.24, 2.45) is 0 Å². The molecule has 0 N–H and O–H groups in total. The molecule has 0 bridgehead atoms. The maximum atomic E-state index is 4.11. The summed E-state index contributed by atoms with van der Waals surface area (Å²) in [5.41, 5.74) is 0. The Bertz CT molecular complexity index is 381. The Morgan fingerprint density at radius 3 is 2.54 bits per heavy atom. The van der Waals surface area contributed by atoms with Crippen molar-refractivity contribution in [2.45, 2.75) is 0 Å². The second-order valence-electron chi connectivity index (χ2n) is 2.31. The van der Waals surface area contributed by atoms with Crippen molar-refractivity contribution in [3.05, 3.63) is 40.9 Å². The minimum absolute atomic E-state index is 0.706. The van der Waals surface area contributed by atoms with Crippen LogP contribution in [0.5, 0.6) is 0 Å². The van der Waals surface area contributed by atoms with Crippen LogP contribution in [0, 0.1) is 0 Å². The third-order valence-corrected chi connectivity index (χ3v) is 2.15. The Morgan fingerprint density at radius 1 is 1.00 bits per heavy atom. The van der Waals surface area contributed by atoms with Crippen LogP contribution in [0.3, 0.4) is 0 Å². The number of hydrogen-bond acceptors (Lipinski definition) is 4. The highest BCUT2D eigenvalue weighted by Gasteiger charge is 1.89. The van der Waals surface area contributed by atoms with Crippen molar-refractivity contribution in [1.82, 2.24) is 15.0 Å². The summed E-state index contributed by atoms with van der Waals surface area (Å²) < 4.78 is 0. The van der Waals surface area contributed by atoms with Crippen LogP contribution in [0.2, 0.25) is 0 Å². The SMILES string of the molecule is C(=Cc1nccs1)c1ncccn1. The smallest absolute Gasteiger partial charge is 0.151 e. The molecule has 0 amide bonds. The number of hydrogen-bond donors (Lipinski definition) is 0. The zero-order chi connectivity index (χ0) is 8.93. The van der Waals surface area contributed by atoms with Gasteiger partial charge >= 0.3 is 0 Å². The topological polar surface area (TPSA) is 38.7 Å². The molecule has 2 aromatic heterocycles. The average molecular weight is 189 g/mol. The largest absolute Gasteiger partial charge is 0.245 e. The Kier molecular flexibility index (Phi) is 2.43. The number of rotatable bonds is 2. The lowest BCUT2D eigenvalue weighted by molar-refractivity contribution is 1.14. The van der Waals surface area contributed by atoms with Crippen LogP contribution in [0.15, 0.2) is 30.0 Å². The molecule has 2 aromatic rings. The lowest BCUT2D eigenvalue weighted by Gasteiger charge is -1.87. The molecule has 0 unspecified atom stereocenters. The molecule has 0 spiro atoms. The van der Waals surface area contributed by atoms with Crippen molar-refractivity contribution in [3.8, 4) is 0 Å². The van der Waals surface area contributed by atoms with E-state index in [-0.39, 0.29) is 0 Å². The van der Waals surface area contributed by atoms with Crippen LogP contribution in [0.25, 0.3) is 12.2 Å². The minimum atomic E-state index is 0.706. The fourth-order valence-corrected chi connectivity index (χ4v) is 1.39. The van der Waals surface area contributed by atoms with Crippen LogP contribution >= 0.6 is 11.3 Å². The fourth-order valence-electron chi connectivity index (χ4n) is 0.859. The van der Waals surface area contributed by atoms with E-state index in [0.29, 0.717) is 5.82 Å². The quantitative estimate of drug-likeness (QED) is 0.726. The summed E-state index contributed by atoms with van der Waals surface area (Å²) in [7, 11) is 0. The van der Waals surface area contributed by atoms with E-state index < -0.39 is 0 Å². The summed E-state index contributed by atoms with van der Waals surface area (Å²) in [4.78, 5) is 12.2. The van der Waals surface area contributed by atoms with Crippen molar-refractivity contribution < 1.29 is 0 Å². The average Bonchev–Trinajstić information content (AvgIpc) is 2.69. The normalized spacial score (nSPS) is 10.8. The molecule has 2 rings (SSSR count). The second kappa shape index (κ2) is 3.91. The molecular formula is C9H7N3S. The molecule has 64 valence electrons. The molecule has 4 heteroatoms. The van der Waals surface area contributed by atoms with Gasteiger partial charge in [-0.3, -0.25) is 0 Å². The molecule has 0 aliphatic heterocycles. The fraction of sp³-hybridized carbons (Fsp3) is 0. The Hall–Kier alpha value is -1.55. The predicted molar refractivity (Wildman–Crippen MR) is 53.1 cm³/mol. The number of thiazole rings is 1. The first kappa shape index (κ1) is 8.07. The van der Waals surface area contributed by atoms with Crippen molar-refractivity contribution in [1.29, 1.82) is 0 Å². The van der Waals surface area contributed by atoms with Crippen LogP contribution in [-0.2, 0) is 0 Å². The minimum Gasteiger partial charge on any atom is -0.245 e. The third kappa shape index (κ3) is 2.19. The maximum Gasteiger partial charge on any atom is 0.151 e. The van der Waals surface area contributed by atoms with Crippen LogP contribution in [-0.4, -0.2) is 15.0 Å². The lowest BCUT2D eigenvalue weighted by atomic mass is 10.4. The Morgan fingerprint density at radius 2 is 1.85 bits per heavy atom. The standard InChI is InChI=1S/C9H7N3S/c1-4-10-8(11-5-1)2-3-9-12-6-7-13-9/h1-7H. The van der Waals surface area contributed by atoms with Gasteiger partial charge in [-0.15, -0.1) is 11.3 Å².